The largest absolute Gasteiger partial charge is 0.459 e. The minimum Gasteiger partial charge on any atom is -0.459 e. The average Bonchev–Trinajstić information content (AvgIpc) is 4.36. The number of aliphatic hydroxyl groups is 1. The van der Waals surface area contributed by atoms with E-state index in [1.54, 1.807) is 0 Å². The lowest BCUT2D eigenvalue weighted by Crippen LogP contribution is -2.63. The first-order chi connectivity index (χ1) is 36.6. The van der Waals surface area contributed by atoms with Gasteiger partial charge in [-0.2, -0.15) is 0 Å². The summed E-state index contributed by atoms with van der Waals surface area (Å²) in [6, 6.07) is 0. The molecule has 16 fully saturated rings. The minimum absolute atomic E-state index is 0.00857. The molecule has 3 N–H and O–H groups in total. The van der Waals surface area contributed by atoms with Crippen molar-refractivity contribution >= 4 is 5.97 Å². The molecule has 76 heavy (non-hydrogen) atoms. The third-order valence-corrected chi connectivity index (χ3v) is 21.4. The number of nitrogens with two attached hydrogens (primary N) is 1. The molecule has 0 radical (unpaired) electrons. The van der Waals surface area contributed by atoms with E-state index >= 15 is 0 Å². The van der Waals surface area contributed by atoms with Crippen molar-refractivity contribution in [2.45, 2.75) is 301 Å². The monoisotopic (exact) mass is 1070 g/mol. The van der Waals surface area contributed by atoms with Crippen LogP contribution in [-0.2, 0) is 75.8 Å². The highest BCUT2D eigenvalue weighted by atomic mass is 16.8. The summed E-state index contributed by atoms with van der Waals surface area (Å²) in [5.41, 5.74) is 8.12. The Morgan fingerprint density at radius 2 is 1.17 bits per heavy atom. The molecule has 3 spiro atoms. The fourth-order valence-corrected chi connectivity index (χ4v) is 17.8. The zero-order valence-corrected chi connectivity index (χ0v) is 44.9. The van der Waals surface area contributed by atoms with Gasteiger partial charge in [-0.05, 0) is 73.8 Å². The standard InChI is InChI=1S/C58H83NO17/c1-25-13-31-7-9-35-26(2)14-33(62-35)11-12-56-22-43-52(75-56)53-54(68-43)55(76-56)51-36(66-53)10-8-32(64-51)15-46(61)70-50-30(6)49-40(65-39(50)17-37(63-31)29(25)5)18-38-42(67-49)21-58(71-38)23-44-48(74-58)28(4)20-57(73-44)19-27(3)47-41(72-57)16-34(60)45(24-59)69-47/h25,27-28,30-45,47-55,60H,2,5,7-24,59H2,1,3-4,6H3/t25-,27+,28+,30+,31-,32+,33+,34-,35+,36+,37-,38+,39-,40-,41+,42+,43+,44+,45-,47+,48+,49-,50+,51-,52-,53+,54+,55-,56?,57-,58-/m1/s1. The predicted octanol–water partition coefficient (Wildman–Crippen LogP) is 5.14. The van der Waals surface area contributed by atoms with Gasteiger partial charge in [0.25, 0.3) is 0 Å². The van der Waals surface area contributed by atoms with E-state index < -0.39 is 54.0 Å². The second-order valence-electron chi connectivity index (χ2n) is 26.7. The van der Waals surface area contributed by atoms with Gasteiger partial charge in [-0.3, -0.25) is 4.79 Å². The highest BCUT2D eigenvalue weighted by Gasteiger charge is 2.70. The fraction of sp³-hybridized carbons (Fsp3) is 0.914. The van der Waals surface area contributed by atoms with Crippen molar-refractivity contribution in [2.24, 2.45) is 29.4 Å². The van der Waals surface area contributed by atoms with Crippen LogP contribution in [-0.4, -0.2) is 181 Å². The van der Waals surface area contributed by atoms with Crippen LogP contribution < -0.4 is 5.73 Å². The topological polar surface area (TPSA) is 202 Å². The predicted molar refractivity (Wildman–Crippen MR) is 265 cm³/mol. The number of carbonyl (C=O) groups excluding carboxylic acids is 1. The number of carbonyl (C=O) groups is 1. The van der Waals surface area contributed by atoms with Gasteiger partial charge in [0.15, 0.2) is 17.4 Å². The van der Waals surface area contributed by atoms with E-state index in [0.717, 1.165) is 49.7 Å². The molecule has 0 aromatic heterocycles. The lowest BCUT2D eigenvalue weighted by Gasteiger charge is -2.54. The van der Waals surface area contributed by atoms with Crippen molar-refractivity contribution < 1.29 is 81.0 Å². The zero-order valence-electron chi connectivity index (χ0n) is 44.9. The maximum Gasteiger partial charge on any atom is 0.308 e. The smallest absolute Gasteiger partial charge is 0.308 e. The second-order valence-corrected chi connectivity index (χ2v) is 26.7. The normalized spacial score (nSPS) is 59.3. The summed E-state index contributed by atoms with van der Waals surface area (Å²) in [5.74, 6) is -2.57. The van der Waals surface area contributed by atoms with E-state index in [4.69, 9.17) is 76.8 Å². The summed E-state index contributed by atoms with van der Waals surface area (Å²) in [6.07, 6.45) is 4.05. The third-order valence-electron chi connectivity index (χ3n) is 21.4. The molecular formula is C58H83NO17. The van der Waals surface area contributed by atoms with Crippen LogP contribution in [0.25, 0.3) is 0 Å². The molecular weight excluding hydrogens is 983 g/mol. The molecule has 0 saturated carbocycles. The van der Waals surface area contributed by atoms with Crippen molar-refractivity contribution in [1.29, 1.82) is 0 Å². The Kier molecular flexibility index (Phi) is 12.8. The molecule has 0 aromatic carbocycles. The SMILES string of the molecule is C=C1C[C@@H]2CCC34C[C@@H]5O[C@H]6[C@@H](O[C@H]7CC[C@@H](CC(=O)O[C@H]8[C@@H](C)[C@H]9O[C@H]%10C[C@@]%11(C[C@@H]%12O[C@]%13(C[C@H](C)[C@@H]%14O[C@H](CN)[C@H](O)C[C@@H]%14O%13)C[C@H](C)[C@@H]%12O%11)O[C@H]%10C[C@H]9O[C@@H]8C[C@H]8O[C@H](CC[C@@H]1O2)C[C@@H](C)C8=C)O[C@H]7[C@H]6O3)[C@@H]5O4. The van der Waals surface area contributed by atoms with E-state index in [2.05, 4.69) is 40.9 Å². The maximum atomic E-state index is 14.6. The molecule has 422 valence electrons. The summed E-state index contributed by atoms with van der Waals surface area (Å²) in [4.78, 5) is 14.6. The Balaban J connectivity index is 0.669. The van der Waals surface area contributed by atoms with Crippen LogP contribution in [0.2, 0.25) is 0 Å². The van der Waals surface area contributed by atoms with Gasteiger partial charge in [-0.25, -0.2) is 0 Å². The van der Waals surface area contributed by atoms with Crippen molar-refractivity contribution in [1.82, 2.24) is 0 Å². The van der Waals surface area contributed by atoms with Crippen LogP contribution in [0.5, 0.6) is 0 Å². The van der Waals surface area contributed by atoms with Gasteiger partial charge in [0.2, 0.25) is 0 Å². The van der Waals surface area contributed by atoms with E-state index in [1.165, 1.54) is 0 Å². The van der Waals surface area contributed by atoms with Crippen molar-refractivity contribution in [3.05, 3.63) is 24.3 Å². The molecule has 31 atom stereocenters. The first-order valence-electron chi connectivity index (χ1n) is 29.8. The van der Waals surface area contributed by atoms with Gasteiger partial charge < -0.3 is 81.9 Å². The Hall–Kier alpha value is -1.69. The van der Waals surface area contributed by atoms with Crippen LogP contribution in [0.3, 0.4) is 0 Å². The van der Waals surface area contributed by atoms with Gasteiger partial charge >= 0.3 is 5.97 Å². The quantitative estimate of drug-likeness (QED) is 0.258. The summed E-state index contributed by atoms with van der Waals surface area (Å²) >= 11 is 0. The Morgan fingerprint density at radius 3 is 2.03 bits per heavy atom. The third kappa shape index (κ3) is 8.56. The number of ether oxygens (including phenoxy) is 15. The van der Waals surface area contributed by atoms with Gasteiger partial charge in [0.1, 0.15) is 36.6 Å². The molecule has 18 heteroatoms. The Morgan fingerprint density at radius 1 is 0.500 bits per heavy atom. The molecule has 0 aliphatic carbocycles. The summed E-state index contributed by atoms with van der Waals surface area (Å²) in [5, 5.41) is 10.9. The van der Waals surface area contributed by atoms with Crippen molar-refractivity contribution in [2.75, 3.05) is 6.54 Å². The number of hydrogen-bond donors (Lipinski definition) is 2. The molecule has 16 aliphatic heterocycles. The molecule has 16 rings (SSSR count). The second kappa shape index (κ2) is 18.9. The first kappa shape index (κ1) is 51.2. The minimum atomic E-state index is -0.897. The summed E-state index contributed by atoms with van der Waals surface area (Å²) in [7, 11) is 0. The van der Waals surface area contributed by atoms with E-state index in [1.807, 2.05) is 0 Å². The number of aliphatic hydroxyl groups excluding tert-OH is 1. The first-order valence-corrected chi connectivity index (χ1v) is 29.8. The van der Waals surface area contributed by atoms with Crippen LogP contribution >= 0.6 is 0 Å². The highest BCUT2D eigenvalue weighted by Crippen LogP contribution is 2.57. The van der Waals surface area contributed by atoms with Crippen LogP contribution in [0.4, 0.5) is 0 Å². The van der Waals surface area contributed by atoms with Gasteiger partial charge in [0.05, 0.1) is 116 Å². The Bertz CT molecular complexity index is 2270. The average molecular weight is 1070 g/mol. The van der Waals surface area contributed by atoms with E-state index in [-0.39, 0.29) is 152 Å². The molecule has 0 aromatic rings. The number of rotatable bonds is 1. The summed E-state index contributed by atoms with van der Waals surface area (Å²) < 4.78 is 103. The lowest BCUT2D eigenvalue weighted by atomic mass is 9.78. The molecule has 16 aliphatic rings. The number of fused-ring (bicyclic) bond motifs is 10. The van der Waals surface area contributed by atoms with Gasteiger partial charge in [-0.1, -0.05) is 40.9 Å². The lowest BCUT2D eigenvalue weighted by molar-refractivity contribution is -0.370. The van der Waals surface area contributed by atoms with Crippen LogP contribution in [0.1, 0.15) is 137 Å². The van der Waals surface area contributed by atoms with Crippen molar-refractivity contribution in [3.63, 3.8) is 0 Å². The molecule has 12 bridgehead atoms. The van der Waals surface area contributed by atoms with E-state index in [0.29, 0.717) is 64.2 Å². The van der Waals surface area contributed by atoms with Gasteiger partial charge in [0, 0.05) is 70.3 Å². The van der Waals surface area contributed by atoms with Crippen LogP contribution in [0, 0.1) is 23.7 Å². The molecule has 16 heterocycles. The summed E-state index contributed by atoms with van der Waals surface area (Å²) in [6.45, 7) is 18.2. The van der Waals surface area contributed by atoms with E-state index in [9.17, 15) is 9.90 Å². The van der Waals surface area contributed by atoms with Crippen LogP contribution in [0.15, 0.2) is 24.3 Å². The molecule has 0 amide bonds. The van der Waals surface area contributed by atoms with Gasteiger partial charge in [-0.15, -0.1) is 0 Å². The maximum absolute atomic E-state index is 14.6. The highest BCUT2D eigenvalue weighted by molar-refractivity contribution is 5.70. The molecule has 18 nitrogen and oxygen atoms in total. The van der Waals surface area contributed by atoms with Crippen molar-refractivity contribution in [3.8, 4) is 0 Å². The number of hydrogen-bond acceptors (Lipinski definition) is 18. The fourth-order valence-electron chi connectivity index (χ4n) is 17.8. The number of esters is 1. The molecule has 16 saturated heterocycles. The molecule has 1 unspecified atom stereocenters. The Labute approximate surface area is 446 Å². The zero-order chi connectivity index (χ0) is 51.7.